The predicted molar refractivity (Wildman–Crippen MR) is 75.2 cm³/mol. The molecule has 0 aliphatic heterocycles. The van der Waals surface area contributed by atoms with Gasteiger partial charge < -0.3 is 19.9 Å². The fourth-order valence-electron chi connectivity index (χ4n) is 1.89. The van der Waals surface area contributed by atoms with Crippen LogP contribution in [0.4, 0.5) is 11.4 Å². The van der Waals surface area contributed by atoms with Crippen LogP contribution in [0.3, 0.4) is 0 Å². The van der Waals surface area contributed by atoms with Crippen molar-refractivity contribution >= 4 is 11.4 Å². The third kappa shape index (κ3) is 2.80. The molecule has 0 saturated heterocycles. The van der Waals surface area contributed by atoms with Gasteiger partial charge in [0, 0.05) is 11.3 Å². The molecule has 0 unspecified atom stereocenters. The lowest BCUT2D eigenvalue weighted by Gasteiger charge is -2.16. The van der Waals surface area contributed by atoms with Gasteiger partial charge in [-0.1, -0.05) is 24.3 Å². The van der Waals surface area contributed by atoms with Crippen LogP contribution in [-0.4, -0.2) is 19.3 Å². The van der Waals surface area contributed by atoms with Crippen LogP contribution in [0.2, 0.25) is 0 Å². The molecule has 0 spiro atoms. The second-order valence-corrected chi connectivity index (χ2v) is 3.98. The van der Waals surface area contributed by atoms with Crippen molar-refractivity contribution in [2.24, 2.45) is 0 Å². The van der Waals surface area contributed by atoms with E-state index in [1.165, 1.54) is 0 Å². The van der Waals surface area contributed by atoms with Crippen molar-refractivity contribution in [2.45, 2.75) is 6.61 Å². The fraction of sp³-hybridized carbons (Fsp3) is 0.200. The molecular formula is C15H17NO3. The van der Waals surface area contributed by atoms with E-state index in [-0.39, 0.29) is 6.61 Å². The highest BCUT2D eigenvalue weighted by molar-refractivity contribution is 5.74. The Morgan fingerprint density at radius 1 is 0.947 bits per heavy atom. The van der Waals surface area contributed by atoms with Crippen molar-refractivity contribution in [3.05, 3.63) is 48.0 Å². The third-order valence-corrected chi connectivity index (χ3v) is 2.88. The minimum Gasteiger partial charge on any atom is -0.494 e. The molecule has 0 atom stereocenters. The molecule has 0 aromatic heterocycles. The molecule has 2 aromatic rings. The van der Waals surface area contributed by atoms with Crippen LogP contribution >= 0.6 is 0 Å². The van der Waals surface area contributed by atoms with E-state index in [9.17, 15) is 5.11 Å². The Kier molecular flexibility index (Phi) is 4.26. The molecule has 2 rings (SSSR count). The maximum Gasteiger partial charge on any atom is 0.146 e. The summed E-state index contributed by atoms with van der Waals surface area (Å²) in [6.07, 6.45) is 0. The van der Waals surface area contributed by atoms with Gasteiger partial charge in [-0.05, 0) is 18.2 Å². The minimum absolute atomic E-state index is 0.0271. The normalized spacial score (nSPS) is 10.1. The lowest BCUT2D eigenvalue weighted by Crippen LogP contribution is -2.00. The first-order valence-corrected chi connectivity index (χ1v) is 5.97. The smallest absolute Gasteiger partial charge is 0.146 e. The highest BCUT2D eigenvalue weighted by atomic mass is 16.5. The second-order valence-electron chi connectivity index (χ2n) is 3.98. The largest absolute Gasteiger partial charge is 0.494 e. The SMILES string of the molecule is COc1cccc(OC)c1Nc1ccccc1CO. The molecule has 0 fully saturated rings. The van der Waals surface area contributed by atoms with Crippen molar-refractivity contribution in [1.29, 1.82) is 0 Å². The first-order chi connectivity index (χ1) is 9.30. The van der Waals surface area contributed by atoms with Crippen LogP contribution in [0.1, 0.15) is 5.56 Å². The second kappa shape index (κ2) is 6.11. The van der Waals surface area contributed by atoms with Crippen molar-refractivity contribution in [2.75, 3.05) is 19.5 Å². The van der Waals surface area contributed by atoms with E-state index >= 15 is 0 Å². The van der Waals surface area contributed by atoms with Crippen molar-refractivity contribution in [1.82, 2.24) is 0 Å². The van der Waals surface area contributed by atoms with Gasteiger partial charge in [-0.25, -0.2) is 0 Å². The summed E-state index contributed by atoms with van der Waals surface area (Å²) in [7, 11) is 3.22. The first-order valence-electron chi connectivity index (χ1n) is 5.97. The highest BCUT2D eigenvalue weighted by Gasteiger charge is 2.11. The number of benzene rings is 2. The molecule has 0 aliphatic rings. The van der Waals surface area contributed by atoms with E-state index in [0.29, 0.717) is 11.5 Å². The predicted octanol–water partition coefficient (Wildman–Crippen LogP) is 2.94. The number of para-hydroxylation sites is 2. The van der Waals surface area contributed by atoms with Gasteiger partial charge in [0.1, 0.15) is 17.2 Å². The molecule has 4 heteroatoms. The van der Waals surface area contributed by atoms with Crippen LogP contribution in [0.15, 0.2) is 42.5 Å². The van der Waals surface area contributed by atoms with Gasteiger partial charge in [-0.15, -0.1) is 0 Å². The van der Waals surface area contributed by atoms with E-state index in [4.69, 9.17) is 9.47 Å². The van der Waals surface area contributed by atoms with Crippen LogP contribution in [0, 0.1) is 0 Å². The van der Waals surface area contributed by atoms with Crippen LogP contribution in [0.5, 0.6) is 11.5 Å². The Hall–Kier alpha value is -2.20. The third-order valence-electron chi connectivity index (χ3n) is 2.88. The van der Waals surface area contributed by atoms with Crippen LogP contribution < -0.4 is 14.8 Å². The van der Waals surface area contributed by atoms with E-state index in [0.717, 1.165) is 16.9 Å². The number of hydrogen-bond acceptors (Lipinski definition) is 4. The molecule has 2 N–H and O–H groups in total. The topological polar surface area (TPSA) is 50.7 Å². The van der Waals surface area contributed by atoms with Gasteiger partial charge in [-0.3, -0.25) is 0 Å². The molecule has 0 amide bonds. The molecular weight excluding hydrogens is 242 g/mol. The number of rotatable bonds is 5. The number of aliphatic hydroxyl groups is 1. The minimum atomic E-state index is -0.0271. The van der Waals surface area contributed by atoms with Gasteiger partial charge in [0.25, 0.3) is 0 Å². The summed E-state index contributed by atoms with van der Waals surface area (Å²) in [6.45, 7) is -0.0271. The van der Waals surface area contributed by atoms with Gasteiger partial charge in [0.15, 0.2) is 0 Å². The molecule has 19 heavy (non-hydrogen) atoms. The summed E-state index contributed by atoms with van der Waals surface area (Å²) in [4.78, 5) is 0. The van der Waals surface area contributed by atoms with Crippen LogP contribution in [-0.2, 0) is 6.61 Å². The number of nitrogens with one attached hydrogen (secondary N) is 1. The van der Waals surface area contributed by atoms with Gasteiger partial charge in [0.05, 0.1) is 20.8 Å². The quantitative estimate of drug-likeness (QED) is 0.866. The van der Waals surface area contributed by atoms with Gasteiger partial charge in [0.2, 0.25) is 0 Å². The Morgan fingerprint density at radius 3 is 2.16 bits per heavy atom. The number of anilines is 2. The number of hydrogen-bond donors (Lipinski definition) is 2. The summed E-state index contributed by atoms with van der Waals surface area (Å²) < 4.78 is 10.7. The monoisotopic (exact) mass is 259 g/mol. The summed E-state index contributed by atoms with van der Waals surface area (Å²) in [5.74, 6) is 1.37. The van der Waals surface area contributed by atoms with E-state index in [2.05, 4.69) is 5.32 Å². The molecule has 0 bridgehead atoms. The zero-order valence-corrected chi connectivity index (χ0v) is 11.0. The van der Waals surface area contributed by atoms with Crippen LogP contribution in [0.25, 0.3) is 0 Å². The zero-order chi connectivity index (χ0) is 13.7. The van der Waals surface area contributed by atoms with E-state index in [1.807, 2.05) is 42.5 Å². The van der Waals surface area contributed by atoms with Gasteiger partial charge in [-0.2, -0.15) is 0 Å². The van der Waals surface area contributed by atoms with E-state index < -0.39 is 0 Å². The lowest BCUT2D eigenvalue weighted by atomic mass is 10.1. The maximum atomic E-state index is 9.35. The average molecular weight is 259 g/mol. The molecule has 0 radical (unpaired) electrons. The van der Waals surface area contributed by atoms with Crippen molar-refractivity contribution in [3.8, 4) is 11.5 Å². The Labute approximate surface area is 112 Å². The number of ether oxygens (including phenoxy) is 2. The summed E-state index contributed by atoms with van der Waals surface area (Å²) in [6, 6.07) is 13.1. The highest BCUT2D eigenvalue weighted by Crippen LogP contribution is 2.37. The van der Waals surface area contributed by atoms with Crippen molar-refractivity contribution in [3.63, 3.8) is 0 Å². The Bertz CT molecular complexity index is 533. The number of aliphatic hydroxyl groups excluding tert-OH is 1. The summed E-state index contributed by atoms with van der Waals surface area (Å²) >= 11 is 0. The van der Waals surface area contributed by atoms with Gasteiger partial charge >= 0.3 is 0 Å². The fourth-order valence-corrected chi connectivity index (χ4v) is 1.89. The zero-order valence-electron chi connectivity index (χ0n) is 11.0. The number of methoxy groups -OCH3 is 2. The Balaban J connectivity index is 2.42. The maximum absolute atomic E-state index is 9.35. The van der Waals surface area contributed by atoms with Crippen molar-refractivity contribution < 1.29 is 14.6 Å². The molecule has 2 aromatic carbocycles. The summed E-state index contributed by atoms with van der Waals surface area (Å²) in [5, 5.41) is 12.6. The van der Waals surface area contributed by atoms with E-state index in [1.54, 1.807) is 14.2 Å². The molecule has 0 aliphatic carbocycles. The lowest BCUT2D eigenvalue weighted by molar-refractivity contribution is 0.282. The first kappa shape index (κ1) is 13.2. The average Bonchev–Trinajstić information content (AvgIpc) is 2.48. The molecule has 4 nitrogen and oxygen atoms in total. The summed E-state index contributed by atoms with van der Waals surface area (Å²) in [5.41, 5.74) is 2.39. The standard InChI is InChI=1S/C15H17NO3/c1-18-13-8-5-9-14(19-2)15(13)16-12-7-4-3-6-11(12)10-17/h3-9,16-17H,10H2,1-2H3. The molecule has 0 saturated carbocycles. The molecule has 0 heterocycles. The molecule has 100 valence electrons. The Morgan fingerprint density at radius 2 is 1.58 bits per heavy atom.